The molecular formula is C20H26N2O4. The van der Waals surface area contributed by atoms with Crippen molar-refractivity contribution >= 4 is 17.5 Å². The fourth-order valence-electron chi connectivity index (χ4n) is 4.19. The van der Waals surface area contributed by atoms with Crippen molar-refractivity contribution in [2.24, 2.45) is 5.92 Å². The molecule has 0 saturated carbocycles. The molecule has 3 aliphatic heterocycles. The number of hydrogen-bond acceptors (Lipinski definition) is 4. The second-order valence-corrected chi connectivity index (χ2v) is 7.45. The molecule has 6 heteroatoms. The molecule has 2 unspecified atom stereocenters. The van der Waals surface area contributed by atoms with E-state index in [0.29, 0.717) is 19.8 Å². The van der Waals surface area contributed by atoms with E-state index in [2.05, 4.69) is 0 Å². The Hall–Kier alpha value is -1.92. The second kappa shape index (κ2) is 7.37. The summed E-state index contributed by atoms with van der Waals surface area (Å²) < 4.78 is 11.3. The molecule has 6 nitrogen and oxygen atoms in total. The van der Waals surface area contributed by atoms with Crippen molar-refractivity contribution in [2.45, 2.75) is 44.9 Å². The molecule has 3 heterocycles. The number of rotatable bonds is 3. The molecule has 26 heavy (non-hydrogen) atoms. The molecule has 0 spiro atoms. The molecule has 0 radical (unpaired) electrons. The van der Waals surface area contributed by atoms with Gasteiger partial charge in [-0.1, -0.05) is 17.7 Å². The van der Waals surface area contributed by atoms with E-state index in [-0.39, 0.29) is 36.5 Å². The topological polar surface area (TPSA) is 59.1 Å². The molecule has 0 aliphatic carbocycles. The minimum absolute atomic E-state index is 0.0223. The summed E-state index contributed by atoms with van der Waals surface area (Å²) in [6.07, 6.45) is 2.94. The van der Waals surface area contributed by atoms with Gasteiger partial charge in [0, 0.05) is 25.2 Å². The number of piperidine rings is 1. The van der Waals surface area contributed by atoms with Gasteiger partial charge in [0.25, 0.3) is 0 Å². The number of amides is 2. The first-order valence-corrected chi connectivity index (χ1v) is 9.54. The smallest absolute Gasteiger partial charge is 0.228 e. The molecule has 140 valence electrons. The third-order valence-electron chi connectivity index (χ3n) is 5.61. The summed E-state index contributed by atoms with van der Waals surface area (Å²) >= 11 is 0. The van der Waals surface area contributed by atoms with Crippen LogP contribution in [0.15, 0.2) is 24.3 Å². The zero-order valence-corrected chi connectivity index (χ0v) is 15.2. The highest BCUT2D eigenvalue weighted by molar-refractivity contribution is 6.00. The summed E-state index contributed by atoms with van der Waals surface area (Å²) in [6.45, 7) is 4.38. The van der Waals surface area contributed by atoms with Crippen molar-refractivity contribution < 1.29 is 19.1 Å². The number of aryl methyl sites for hydroxylation is 1. The summed E-state index contributed by atoms with van der Waals surface area (Å²) in [5, 5.41) is 0. The zero-order chi connectivity index (χ0) is 18.1. The van der Waals surface area contributed by atoms with E-state index in [1.165, 1.54) is 0 Å². The summed E-state index contributed by atoms with van der Waals surface area (Å²) in [7, 11) is 0. The molecule has 0 aromatic heterocycles. The Morgan fingerprint density at radius 2 is 1.85 bits per heavy atom. The highest BCUT2D eigenvalue weighted by Gasteiger charge is 2.42. The fraction of sp³-hybridized carbons (Fsp3) is 0.600. The average Bonchev–Trinajstić information content (AvgIpc) is 3.32. The average molecular weight is 358 g/mol. The lowest BCUT2D eigenvalue weighted by Gasteiger charge is -2.39. The lowest BCUT2D eigenvalue weighted by atomic mass is 9.98. The highest BCUT2D eigenvalue weighted by atomic mass is 16.7. The van der Waals surface area contributed by atoms with E-state index in [0.717, 1.165) is 37.1 Å². The maximum absolute atomic E-state index is 13.2. The Morgan fingerprint density at radius 1 is 1.12 bits per heavy atom. The van der Waals surface area contributed by atoms with Gasteiger partial charge in [0.2, 0.25) is 11.8 Å². The van der Waals surface area contributed by atoms with Crippen molar-refractivity contribution in [3.8, 4) is 0 Å². The van der Waals surface area contributed by atoms with Crippen molar-refractivity contribution in [1.82, 2.24) is 4.90 Å². The van der Waals surface area contributed by atoms with Gasteiger partial charge in [0.15, 0.2) is 6.29 Å². The van der Waals surface area contributed by atoms with Gasteiger partial charge in [0.1, 0.15) is 0 Å². The normalized spacial score (nSPS) is 27.3. The molecule has 2 amide bonds. The quantitative estimate of drug-likeness (QED) is 0.830. The number of benzene rings is 1. The number of likely N-dealkylation sites (tertiary alicyclic amines) is 1. The molecule has 3 aliphatic rings. The molecule has 3 saturated heterocycles. The molecule has 4 rings (SSSR count). The van der Waals surface area contributed by atoms with E-state index in [9.17, 15) is 9.59 Å². The van der Waals surface area contributed by atoms with E-state index >= 15 is 0 Å². The lowest BCUT2D eigenvalue weighted by molar-refractivity contribution is -0.154. The number of nitrogens with zero attached hydrogens (tertiary/aromatic N) is 2. The predicted octanol–water partition coefficient (Wildman–Crippen LogP) is 2.10. The van der Waals surface area contributed by atoms with Crippen LogP contribution in [0, 0.1) is 12.8 Å². The van der Waals surface area contributed by atoms with Crippen LogP contribution in [-0.2, 0) is 19.1 Å². The maximum Gasteiger partial charge on any atom is 0.228 e. The van der Waals surface area contributed by atoms with Crippen LogP contribution in [-0.4, -0.2) is 55.3 Å². The van der Waals surface area contributed by atoms with E-state index in [1.807, 2.05) is 36.1 Å². The van der Waals surface area contributed by atoms with Crippen LogP contribution in [0.4, 0.5) is 5.69 Å². The largest absolute Gasteiger partial charge is 0.348 e. The lowest BCUT2D eigenvalue weighted by Crippen LogP contribution is -2.52. The summed E-state index contributed by atoms with van der Waals surface area (Å²) in [5.41, 5.74) is 2.02. The molecule has 1 aromatic carbocycles. The first-order valence-electron chi connectivity index (χ1n) is 9.54. The van der Waals surface area contributed by atoms with E-state index < -0.39 is 0 Å². The van der Waals surface area contributed by atoms with Crippen molar-refractivity contribution in [2.75, 3.05) is 31.2 Å². The summed E-state index contributed by atoms with van der Waals surface area (Å²) in [6, 6.07) is 7.86. The molecule has 0 N–H and O–H groups in total. The van der Waals surface area contributed by atoms with Crippen LogP contribution in [0.3, 0.4) is 0 Å². The third kappa shape index (κ3) is 3.35. The van der Waals surface area contributed by atoms with Gasteiger partial charge >= 0.3 is 0 Å². The van der Waals surface area contributed by atoms with Crippen molar-refractivity contribution in [3.05, 3.63) is 29.8 Å². The van der Waals surface area contributed by atoms with Gasteiger partial charge in [0.05, 0.1) is 25.2 Å². The molecule has 3 fully saturated rings. The van der Waals surface area contributed by atoms with Gasteiger partial charge in [-0.2, -0.15) is 0 Å². The van der Waals surface area contributed by atoms with Crippen molar-refractivity contribution in [1.29, 1.82) is 0 Å². The first-order chi connectivity index (χ1) is 12.6. The van der Waals surface area contributed by atoms with Crippen LogP contribution in [0.1, 0.15) is 31.2 Å². The van der Waals surface area contributed by atoms with Gasteiger partial charge in [-0.05, 0) is 38.3 Å². The number of ether oxygens (including phenoxy) is 2. The van der Waals surface area contributed by atoms with Crippen LogP contribution >= 0.6 is 0 Å². The van der Waals surface area contributed by atoms with Crippen LogP contribution < -0.4 is 4.90 Å². The monoisotopic (exact) mass is 358 g/mol. The van der Waals surface area contributed by atoms with E-state index in [1.54, 1.807) is 4.90 Å². The van der Waals surface area contributed by atoms with Gasteiger partial charge in [-0.15, -0.1) is 0 Å². The first kappa shape index (κ1) is 17.5. The SMILES string of the molecule is Cc1ccc(N2CC(C(=O)N3CCCCC3C3OCCO3)CC2=O)cc1. The number of carbonyl (C=O) groups excluding carboxylic acids is 2. The summed E-state index contributed by atoms with van der Waals surface area (Å²) in [4.78, 5) is 29.3. The summed E-state index contributed by atoms with van der Waals surface area (Å²) in [5.74, 6) is -0.198. The number of hydrogen-bond donors (Lipinski definition) is 0. The predicted molar refractivity (Wildman–Crippen MR) is 96.7 cm³/mol. The van der Waals surface area contributed by atoms with Gasteiger partial charge in [-0.3, -0.25) is 9.59 Å². The van der Waals surface area contributed by atoms with Crippen LogP contribution in [0.2, 0.25) is 0 Å². The minimum Gasteiger partial charge on any atom is -0.348 e. The Morgan fingerprint density at radius 3 is 2.58 bits per heavy atom. The standard InChI is InChI=1S/C20H26N2O4/c1-14-5-7-16(8-6-14)22-13-15(12-18(22)23)19(24)21-9-3-2-4-17(21)20-25-10-11-26-20/h5-8,15,17,20H,2-4,9-13H2,1H3. The van der Waals surface area contributed by atoms with Gasteiger partial charge in [-0.25, -0.2) is 0 Å². The Bertz CT molecular complexity index is 669. The number of anilines is 1. The van der Waals surface area contributed by atoms with E-state index in [4.69, 9.17) is 9.47 Å². The Kier molecular flexibility index (Phi) is 4.96. The highest BCUT2D eigenvalue weighted by Crippen LogP contribution is 2.30. The Balaban J connectivity index is 1.47. The minimum atomic E-state index is -0.315. The van der Waals surface area contributed by atoms with Crippen LogP contribution in [0.25, 0.3) is 0 Å². The van der Waals surface area contributed by atoms with Crippen molar-refractivity contribution in [3.63, 3.8) is 0 Å². The molecule has 2 atom stereocenters. The zero-order valence-electron chi connectivity index (χ0n) is 15.2. The third-order valence-corrected chi connectivity index (χ3v) is 5.61. The fourth-order valence-corrected chi connectivity index (χ4v) is 4.19. The molecule has 1 aromatic rings. The molecule has 0 bridgehead atoms. The van der Waals surface area contributed by atoms with Crippen LogP contribution in [0.5, 0.6) is 0 Å². The maximum atomic E-state index is 13.2. The Labute approximate surface area is 154 Å². The van der Waals surface area contributed by atoms with Gasteiger partial charge < -0.3 is 19.3 Å². The molecular weight excluding hydrogens is 332 g/mol. The number of carbonyl (C=O) groups is 2. The second-order valence-electron chi connectivity index (χ2n) is 7.45.